The summed E-state index contributed by atoms with van der Waals surface area (Å²) >= 11 is 4.71. The first-order valence-electron chi connectivity index (χ1n) is 1.43. The summed E-state index contributed by atoms with van der Waals surface area (Å²) in [4.78, 5) is 0. The number of hydrogen-bond acceptors (Lipinski definition) is 1. The largest absolute Gasteiger partial charge is 0.185 e. The molecule has 0 rings (SSSR count). The van der Waals surface area contributed by atoms with Crippen molar-refractivity contribution in [2.45, 2.75) is 0 Å². The molecule has 0 fully saturated rings. The first-order valence-corrected chi connectivity index (χ1v) is 5.55. The van der Waals surface area contributed by atoms with Crippen molar-refractivity contribution in [2.75, 3.05) is 12.5 Å². The first-order chi connectivity index (χ1) is 2.64. The van der Waals surface area contributed by atoms with Crippen LogP contribution < -0.4 is 0 Å². The van der Waals surface area contributed by atoms with Crippen LogP contribution in [0.5, 0.6) is 0 Å². The number of thiol groups is 1. The fraction of sp³-hybridized carbons (Fsp3) is 1.00. The standard InChI is InChI=1S/C2H7I2NS/c1-6(2)5(3)4/h6H,1-2H3. The van der Waals surface area contributed by atoms with Gasteiger partial charge in [-0.15, -0.1) is 0 Å². The van der Waals surface area contributed by atoms with Crippen molar-refractivity contribution in [1.82, 2.24) is 0.732 Å². The highest BCUT2D eigenvalue weighted by molar-refractivity contribution is 14.2. The van der Waals surface area contributed by atoms with Crippen molar-refractivity contribution >= 4 is 56.8 Å². The highest BCUT2D eigenvalue weighted by atomic mass is 127. The number of nitrogens with zero attached hydrogens (tertiary/aromatic N) is 1. The minimum Gasteiger partial charge on any atom is -0.185 e. The van der Waals surface area contributed by atoms with Crippen molar-refractivity contribution in [1.29, 1.82) is 0 Å². The first kappa shape index (κ1) is 7.77. The summed E-state index contributed by atoms with van der Waals surface area (Å²) in [7, 11) is 0. The van der Waals surface area contributed by atoms with E-state index in [1.165, 1.54) is 0 Å². The summed E-state index contributed by atoms with van der Waals surface area (Å²) in [6, 6.07) is 0. The summed E-state index contributed by atoms with van der Waals surface area (Å²) in [6.07, 6.45) is 4.43. The predicted octanol–water partition coefficient (Wildman–Crippen LogP) is 2.16. The van der Waals surface area contributed by atoms with Gasteiger partial charge >= 0.3 is 0 Å². The van der Waals surface area contributed by atoms with Crippen LogP contribution in [0, 0.1) is 0 Å². The van der Waals surface area contributed by atoms with E-state index in [0.29, 0.717) is 0 Å². The molecule has 0 N–H and O–H groups in total. The molecular weight excluding hydrogens is 324 g/mol. The molecule has 1 nitrogen and oxygen atoms in total. The zero-order valence-corrected chi connectivity index (χ0v) is 8.86. The number of rotatable bonds is 1. The van der Waals surface area contributed by atoms with E-state index in [4.69, 9.17) is 0 Å². The molecule has 0 heterocycles. The van der Waals surface area contributed by atoms with E-state index in [9.17, 15) is 0 Å². The number of hydrogen-bond donors (Lipinski definition) is 1. The Bertz CT molecular complexity index is 32.5. The summed E-state index contributed by atoms with van der Waals surface area (Å²) in [5, 5.41) is 0. The monoisotopic (exact) mass is 331 g/mol. The molecule has 0 aliphatic rings. The Labute approximate surface area is 69.3 Å². The Morgan fingerprint density at radius 3 is 1.50 bits per heavy atom. The van der Waals surface area contributed by atoms with Crippen molar-refractivity contribution in [2.24, 2.45) is 0 Å². The van der Waals surface area contributed by atoms with Gasteiger partial charge in [0.25, 0.3) is 0 Å². The molecule has 0 bridgehead atoms. The summed E-state index contributed by atoms with van der Waals surface area (Å²) in [5.74, 6) is 0. The molecule has 0 unspecified atom stereocenters. The lowest BCUT2D eigenvalue weighted by molar-refractivity contribution is 1.46. The van der Waals surface area contributed by atoms with Crippen LogP contribution in [0.1, 0.15) is 0 Å². The van der Waals surface area contributed by atoms with Gasteiger partial charge in [0.1, 0.15) is 0 Å². The molecule has 0 spiro atoms. The summed E-state index contributed by atoms with van der Waals surface area (Å²) < 4.78 is 2.17. The third-order valence-electron chi connectivity index (χ3n) is 0.302. The van der Waals surface area contributed by atoms with Crippen LogP contribution in [0.4, 0.5) is 0 Å². The topological polar surface area (TPSA) is 3.24 Å². The van der Waals surface area contributed by atoms with E-state index in [1.54, 1.807) is 0 Å². The molecule has 6 heavy (non-hydrogen) atoms. The molecule has 0 saturated heterocycles. The van der Waals surface area contributed by atoms with Gasteiger partial charge in [-0.2, -0.15) is 11.8 Å². The van der Waals surface area contributed by atoms with Crippen LogP contribution in [0.3, 0.4) is 0 Å². The summed E-state index contributed by atoms with van der Waals surface area (Å²) in [6.45, 7) is 0. The lowest BCUT2D eigenvalue weighted by Crippen LogP contribution is -1.84. The van der Waals surface area contributed by atoms with Crippen LogP contribution in [-0.2, 0) is 0 Å². The van der Waals surface area contributed by atoms with Crippen LogP contribution in [-0.4, -0.2) is 13.2 Å². The van der Waals surface area contributed by atoms with Crippen LogP contribution >= 0.6 is 56.8 Å². The van der Waals surface area contributed by atoms with Crippen molar-refractivity contribution < 1.29 is 0 Å². The second-order valence-corrected chi connectivity index (χ2v) is 8.46. The minimum atomic E-state index is 0.147. The van der Waals surface area contributed by atoms with Gasteiger partial charge < -0.3 is 0 Å². The van der Waals surface area contributed by atoms with E-state index >= 15 is 0 Å². The SMILES string of the molecule is C[SH](C)N(I)I. The highest BCUT2D eigenvalue weighted by Gasteiger charge is 1.90. The average molecular weight is 331 g/mol. The smallest absolute Gasteiger partial charge is 0.0412 e. The van der Waals surface area contributed by atoms with E-state index in [1.807, 2.05) is 0 Å². The van der Waals surface area contributed by atoms with Gasteiger partial charge in [0.05, 0.1) is 0 Å². The molecule has 40 valence electrons. The van der Waals surface area contributed by atoms with E-state index in [2.05, 4.69) is 59.0 Å². The molecular formula is C2H7I2NS. The Kier molecular flexibility index (Phi) is 4.83. The van der Waals surface area contributed by atoms with Gasteiger partial charge in [-0.3, -0.25) is 0 Å². The molecule has 0 saturated carbocycles. The van der Waals surface area contributed by atoms with Gasteiger partial charge in [-0.05, 0) is 12.5 Å². The molecule has 0 atom stereocenters. The van der Waals surface area contributed by atoms with Crippen molar-refractivity contribution in [3.63, 3.8) is 0 Å². The Morgan fingerprint density at radius 2 is 1.50 bits per heavy atom. The maximum atomic E-state index is 2.28. The fourth-order valence-corrected chi connectivity index (χ4v) is 0. The maximum Gasteiger partial charge on any atom is 0.0412 e. The van der Waals surface area contributed by atoms with Gasteiger partial charge in [0.2, 0.25) is 0 Å². The van der Waals surface area contributed by atoms with Gasteiger partial charge in [-0.25, -0.2) is 0 Å². The Balaban J connectivity index is 2.99. The molecule has 0 aliphatic heterocycles. The van der Waals surface area contributed by atoms with E-state index in [-0.39, 0.29) is 11.1 Å². The maximum absolute atomic E-state index is 2.28. The van der Waals surface area contributed by atoms with Crippen LogP contribution in [0.2, 0.25) is 0 Å². The summed E-state index contributed by atoms with van der Waals surface area (Å²) in [5.41, 5.74) is 0. The predicted molar refractivity (Wildman–Crippen MR) is 50.7 cm³/mol. The second kappa shape index (κ2) is 3.73. The second-order valence-electron chi connectivity index (χ2n) is 1.06. The van der Waals surface area contributed by atoms with Crippen LogP contribution in [0.25, 0.3) is 0 Å². The Morgan fingerprint density at radius 1 is 1.33 bits per heavy atom. The molecule has 0 amide bonds. The minimum absolute atomic E-state index is 0.147. The lowest BCUT2D eigenvalue weighted by atomic mass is 11.9. The zero-order chi connectivity index (χ0) is 5.15. The van der Waals surface area contributed by atoms with Crippen molar-refractivity contribution in [3.05, 3.63) is 0 Å². The molecule has 0 aliphatic carbocycles. The van der Waals surface area contributed by atoms with Gasteiger partial charge in [-0.1, -0.05) is 0 Å². The number of halogens is 2. The van der Waals surface area contributed by atoms with Gasteiger partial charge in [0.15, 0.2) is 0 Å². The molecule has 4 heteroatoms. The van der Waals surface area contributed by atoms with Gasteiger partial charge in [0, 0.05) is 45.7 Å². The fourth-order valence-electron chi connectivity index (χ4n) is 0. The molecule has 0 aromatic heterocycles. The van der Waals surface area contributed by atoms with E-state index in [0.717, 1.165) is 0 Å². The Hall–Kier alpha value is 1.77. The quantitative estimate of drug-likeness (QED) is 0.438. The third-order valence-corrected chi connectivity index (χ3v) is 6.09. The van der Waals surface area contributed by atoms with E-state index < -0.39 is 0 Å². The van der Waals surface area contributed by atoms with Crippen LogP contribution in [0.15, 0.2) is 0 Å². The van der Waals surface area contributed by atoms with Crippen molar-refractivity contribution in [3.8, 4) is 0 Å². The highest BCUT2D eigenvalue weighted by Crippen LogP contribution is 2.29. The zero-order valence-electron chi connectivity index (χ0n) is 3.65. The molecule has 0 radical (unpaired) electrons. The average Bonchev–Trinajstić information content (AvgIpc) is 1.36. The molecule has 0 aromatic rings. The normalized spacial score (nSPS) is 12.5. The lowest BCUT2D eigenvalue weighted by Gasteiger charge is -2.11. The third kappa shape index (κ3) is 3.94. The molecule has 0 aromatic carbocycles.